The van der Waals surface area contributed by atoms with Gasteiger partial charge in [0.1, 0.15) is 11.4 Å². The first kappa shape index (κ1) is 12.7. The van der Waals surface area contributed by atoms with Gasteiger partial charge in [0.05, 0.1) is 0 Å². The van der Waals surface area contributed by atoms with Gasteiger partial charge in [-0.3, -0.25) is 4.79 Å². The van der Waals surface area contributed by atoms with E-state index in [1.807, 2.05) is 0 Å². The van der Waals surface area contributed by atoms with E-state index in [0.29, 0.717) is 35.1 Å². The molecule has 0 spiro atoms. The summed E-state index contributed by atoms with van der Waals surface area (Å²) in [5, 5.41) is 5.46. The highest BCUT2D eigenvalue weighted by molar-refractivity contribution is 5.81. The van der Waals surface area contributed by atoms with Gasteiger partial charge in [0, 0.05) is 25.0 Å². The molecule has 0 bridgehead atoms. The van der Waals surface area contributed by atoms with Crippen LogP contribution in [0.15, 0.2) is 36.5 Å². The number of anilines is 3. The van der Waals surface area contributed by atoms with Crippen molar-refractivity contribution in [2.45, 2.75) is 0 Å². The van der Waals surface area contributed by atoms with Crippen LogP contribution in [0.3, 0.4) is 0 Å². The van der Waals surface area contributed by atoms with Gasteiger partial charge in [-0.25, -0.2) is 4.98 Å². The number of nitrogens with zero attached hydrogens (tertiary/aromatic N) is 1. The van der Waals surface area contributed by atoms with Crippen molar-refractivity contribution in [3.05, 3.63) is 36.5 Å². The van der Waals surface area contributed by atoms with Gasteiger partial charge in [-0.2, -0.15) is 0 Å². The van der Waals surface area contributed by atoms with Crippen LogP contribution in [-0.4, -0.2) is 18.4 Å². The Kier molecular flexibility index (Phi) is 3.82. The van der Waals surface area contributed by atoms with Gasteiger partial charge in [0.25, 0.3) is 0 Å². The van der Waals surface area contributed by atoms with Crippen LogP contribution in [0.2, 0.25) is 0 Å². The van der Waals surface area contributed by atoms with Crippen LogP contribution in [0.4, 0.5) is 17.2 Å². The molecule has 0 aliphatic heterocycles. The monoisotopic (exact) mass is 258 g/mol. The summed E-state index contributed by atoms with van der Waals surface area (Å²) < 4.78 is 5.73. The number of aromatic nitrogens is 1. The molecule has 1 heterocycles. The third-order valence-corrected chi connectivity index (χ3v) is 2.47. The van der Waals surface area contributed by atoms with E-state index in [1.54, 1.807) is 43.6 Å². The van der Waals surface area contributed by atoms with Gasteiger partial charge in [-0.1, -0.05) is 0 Å². The molecule has 1 aromatic heterocycles. The maximum atomic E-state index is 10.5. The number of benzene rings is 1. The fourth-order valence-electron chi connectivity index (χ4n) is 1.60. The number of rotatable bonds is 5. The molecule has 1 aromatic carbocycles. The van der Waals surface area contributed by atoms with Gasteiger partial charge < -0.3 is 21.1 Å². The number of ether oxygens (including phenoxy) is 1. The van der Waals surface area contributed by atoms with Crippen LogP contribution in [0, 0.1) is 0 Å². The fraction of sp³-hybridized carbons (Fsp3) is 0.0769. The molecule has 0 radical (unpaired) electrons. The molecule has 0 saturated heterocycles. The first-order valence-corrected chi connectivity index (χ1v) is 5.65. The van der Waals surface area contributed by atoms with Crippen LogP contribution >= 0.6 is 0 Å². The highest BCUT2D eigenvalue weighted by Gasteiger charge is 2.10. The summed E-state index contributed by atoms with van der Waals surface area (Å²) in [6.45, 7) is 0. The topological polar surface area (TPSA) is 89.3 Å². The molecule has 1 amide bonds. The Morgan fingerprint density at radius 3 is 2.63 bits per heavy atom. The molecule has 0 unspecified atom stereocenters. The summed E-state index contributed by atoms with van der Waals surface area (Å²) in [4.78, 5) is 14.6. The summed E-state index contributed by atoms with van der Waals surface area (Å²) in [5.74, 6) is 1.62. The van der Waals surface area contributed by atoms with Gasteiger partial charge in [-0.15, -0.1) is 0 Å². The van der Waals surface area contributed by atoms with E-state index in [4.69, 9.17) is 10.5 Å². The van der Waals surface area contributed by atoms with E-state index in [-0.39, 0.29) is 0 Å². The first-order valence-electron chi connectivity index (χ1n) is 5.65. The number of hydrogen-bond donors (Lipinski definition) is 3. The molecule has 2 rings (SSSR count). The van der Waals surface area contributed by atoms with Crippen LogP contribution in [0.1, 0.15) is 0 Å². The Morgan fingerprint density at radius 1 is 1.26 bits per heavy atom. The molecular weight excluding hydrogens is 244 g/mol. The number of hydrogen-bond acceptors (Lipinski definition) is 5. The molecule has 4 N–H and O–H groups in total. The van der Waals surface area contributed by atoms with E-state index < -0.39 is 0 Å². The number of nitrogens with two attached hydrogens (primary N) is 1. The third kappa shape index (κ3) is 2.92. The Balaban J connectivity index is 2.31. The van der Waals surface area contributed by atoms with Crippen molar-refractivity contribution in [1.29, 1.82) is 0 Å². The Hall–Kier alpha value is -2.76. The van der Waals surface area contributed by atoms with Crippen LogP contribution in [0.5, 0.6) is 11.5 Å². The predicted molar refractivity (Wildman–Crippen MR) is 74.4 cm³/mol. The average molecular weight is 258 g/mol. The number of carbonyl (C=O) groups is 1. The second-order valence-corrected chi connectivity index (χ2v) is 3.72. The maximum absolute atomic E-state index is 10.5. The van der Waals surface area contributed by atoms with Crippen molar-refractivity contribution in [3.63, 3.8) is 0 Å². The summed E-state index contributed by atoms with van der Waals surface area (Å²) in [5.41, 5.74) is 6.88. The van der Waals surface area contributed by atoms with Crippen molar-refractivity contribution in [2.24, 2.45) is 0 Å². The zero-order chi connectivity index (χ0) is 13.7. The second-order valence-electron chi connectivity index (χ2n) is 3.72. The lowest BCUT2D eigenvalue weighted by Crippen LogP contribution is -2.03. The SMILES string of the molecule is CNc1c(Oc2ccc(N)cc2)ccnc1NC=O. The quantitative estimate of drug-likeness (QED) is 0.564. The van der Waals surface area contributed by atoms with E-state index >= 15 is 0 Å². The number of nitrogen functional groups attached to an aromatic ring is 1. The molecule has 0 atom stereocenters. The molecule has 98 valence electrons. The molecule has 6 nitrogen and oxygen atoms in total. The van der Waals surface area contributed by atoms with Gasteiger partial charge in [0.2, 0.25) is 6.41 Å². The minimum absolute atomic E-state index is 0.408. The van der Waals surface area contributed by atoms with Crippen molar-refractivity contribution >= 4 is 23.6 Å². The van der Waals surface area contributed by atoms with Crippen molar-refractivity contribution in [3.8, 4) is 11.5 Å². The standard InChI is InChI=1S/C13H14N4O2/c1-15-12-11(6-7-16-13(12)17-8-18)19-10-4-2-9(14)3-5-10/h2-8,15H,14H2,1H3,(H,16,17,18). The summed E-state index contributed by atoms with van der Waals surface area (Å²) in [7, 11) is 1.73. The highest BCUT2D eigenvalue weighted by Crippen LogP contribution is 2.33. The lowest BCUT2D eigenvalue weighted by atomic mass is 10.3. The zero-order valence-corrected chi connectivity index (χ0v) is 10.4. The van der Waals surface area contributed by atoms with Gasteiger partial charge in [0.15, 0.2) is 11.6 Å². The average Bonchev–Trinajstić information content (AvgIpc) is 2.42. The summed E-state index contributed by atoms with van der Waals surface area (Å²) in [6.07, 6.45) is 2.12. The maximum Gasteiger partial charge on any atom is 0.212 e. The Morgan fingerprint density at radius 2 is 2.00 bits per heavy atom. The zero-order valence-electron chi connectivity index (χ0n) is 10.4. The first-order chi connectivity index (χ1) is 9.24. The van der Waals surface area contributed by atoms with Crippen LogP contribution in [0.25, 0.3) is 0 Å². The molecule has 0 aliphatic rings. The lowest BCUT2D eigenvalue weighted by molar-refractivity contribution is -0.105. The lowest BCUT2D eigenvalue weighted by Gasteiger charge is -2.13. The molecule has 0 fully saturated rings. The normalized spacial score (nSPS) is 9.74. The Bertz CT molecular complexity index is 569. The predicted octanol–water partition coefficient (Wildman–Crippen LogP) is 2.07. The van der Waals surface area contributed by atoms with Gasteiger partial charge >= 0.3 is 0 Å². The van der Waals surface area contributed by atoms with Crippen molar-refractivity contribution in [1.82, 2.24) is 4.98 Å². The van der Waals surface area contributed by atoms with Crippen LogP contribution in [-0.2, 0) is 4.79 Å². The van der Waals surface area contributed by atoms with Crippen LogP contribution < -0.4 is 21.1 Å². The minimum Gasteiger partial charge on any atom is -0.455 e. The van der Waals surface area contributed by atoms with E-state index in [1.165, 1.54) is 0 Å². The molecule has 2 aromatic rings. The highest BCUT2D eigenvalue weighted by atomic mass is 16.5. The minimum atomic E-state index is 0.408. The second kappa shape index (κ2) is 5.72. The van der Waals surface area contributed by atoms with Crippen molar-refractivity contribution in [2.75, 3.05) is 23.4 Å². The fourth-order valence-corrected chi connectivity index (χ4v) is 1.60. The molecule has 0 aliphatic carbocycles. The third-order valence-electron chi connectivity index (χ3n) is 2.47. The molecule has 19 heavy (non-hydrogen) atoms. The van der Waals surface area contributed by atoms with E-state index in [9.17, 15) is 4.79 Å². The molecule has 0 saturated carbocycles. The Labute approximate surface area is 110 Å². The number of amides is 1. The largest absolute Gasteiger partial charge is 0.455 e. The number of carbonyl (C=O) groups excluding carboxylic acids is 1. The molecular formula is C13H14N4O2. The van der Waals surface area contributed by atoms with E-state index in [2.05, 4.69) is 15.6 Å². The number of pyridine rings is 1. The van der Waals surface area contributed by atoms with Gasteiger partial charge in [-0.05, 0) is 24.3 Å². The summed E-state index contributed by atoms with van der Waals surface area (Å²) >= 11 is 0. The van der Waals surface area contributed by atoms with Crippen molar-refractivity contribution < 1.29 is 9.53 Å². The number of nitrogens with one attached hydrogen (secondary N) is 2. The summed E-state index contributed by atoms with van der Waals surface area (Å²) in [6, 6.07) is 8.74. The van der Waals surface area contributed by atoms with E-state index in [0.717, 1.165) is 0 Å². The smallest absolute Gasteiger partial charge is 0.212 e. The molecule has 6 heteroatoms.